The minimum Gasteiger partial charge on any atom is -0.328 e. The lowest BCUT2D eigenvalue weighted by atomic mass is 9.98. The Balaban J connectivity index is 1.41. The first-order valence-corrected chi connectivity index (χ1v) is 10.7. The van der Waals surface area contributed by atoms with Gasteiger partial charge in [0.05, 0.1) is 11.0 Å². The Bertz CT molecular complexity index is 1150. The molecule has 2 aliphatic rings. The van der Waals surface area contributed by atoms with Crippen LogP contribution in [0, 0.1) is 0 Å². The molecule has 2 aliphatic heterocycles. The van der Waals surface area contributed by atoms with Crippen LogP contribution in [0.15, 0.2) is 54.9 Å². The van der Waals surface area contributed by atoms with E-state index in [0.29, 0.717) is 6.04 Å². The highest BCUT2D eigenvalue weighted by molar-refractivity contribution is 5.83. The minimum atomic E-state index is 0.681. The van der Waals surface area contributed by atoms with Crippen LogP contribution in [0.25, 0.3) is 27.7 Å². The van der Waals surface area contributed by atoms with Crippen LogP contribution in [-0.2, 0) is 13.0 Å². The van der Waals surface area contributed by atoms with E-state index >= 15 is 0 Å². The maximum absolute atomic E-state index is 5.11. The van der Waals surface area contributed by atoms with E-state index < -0.39 is 0 Å². The van der Waals surface area contributed by atoms with Crippen molar-refractivity contribution in [2.75, 3.05) is 13.1 Å². The molecule has 3 aromatic heterocycles. The van der Waals surface area contributed by atoms with Crippen LogP contribution < -0.4 is 0 Å². The van der Waals surface area contributed by atoms with Crippen molar-refractivity contribution in [3.05, 3.63) is 60.7 Å². The molecule has 1 atom stereocenters. The molecule has 4 heteroatoms. The predicted octanol–water partition coefficient (Wildman–Crippen LogP) is 4.76. The van der Waals surface area contributed by atoms with Crippen LogP contribution in [0.2, 0.25) is 0 Å². The first-order chi connectivity index (χ1) is 13.8. The Kier molecular flexibility index (Phi) is 3.79. The lowest BCUT2D eigenvalue weighted by Crippen LogP contribution is -2.43. The van der Waals surface area contributed by atoms with Gasteiger partial charge in [-0.15, -0.1) is 0 Å². The zero-order valence-electron chi connectivity index (χ0n) is 16.2. The third kappa shape index (κ3) is 2.67. The molecule has 1 fully saturated rings. The van der Waals surface area contributed by atoms with Gasteiger partial charge in [-0.05, 0) is 67.3 Å². The maximum atomic E-state index is 5.11. The summed E-state index contributed by atoms with van der Waals surface area (Å²) >= 11 is 0. The number of hydrogen-bond acceptors (Lipinski definition) is 2. The Labute approximate surface area is 165 Å². The molecule has 142 valence electrons. The second-order valence-corrected chi connectivity index (χ2v) is 8.38. The van der Waals surface area contributed by atoms with Gasteiger partial charge in [0.2, 0.25) is 0 Å². The fourth-order valence-electron chi connectivity index (χ4n) is 5.20. The third-order valence-electron chi connectivity index (χ3n) is 6.68. The smallest absolute Gasteiger partial charge is 0.111 e. The average molecular weight is 371 g/mol. The molecular formula is C24H26N4. The van der Waals surface area contributed by atoms with Crippen LogP contribution in [0.4, 0.5) is 0 Å². The average Bonchev–Trinajstić information content (AvgIpc) is 3.30. The highest BCUT2D eigenvalue weighted by atomic mass is 15.2. The Hall–Kier alpha value is -2.59. The van der Waals surface area contributed by atoms with Crippen molar-refractivity contribution in [2.24, 2.45) is 0 Å². The third-order valence-corrected chi connectivity index (χ3v) is 6.68. The fraction of sp³-hybridized carbons (Fsp3) is 0.375. The van der Waals surface area contributed by atoms with Gasteiger partial charge in [0.15, 0.2) is 0 Å². The minimum absolute atomic E-state index is 0.681. The summed E-state index contributed by atoms with van der Waals surface area (Å²) in [6.45, 7) is 3.60. The van der Waals surface area contributed by atoms with E-state index in [1.54, 1.807) is 0 Å². The van der Waals surface area contributed by atoms with E-state index in [1.807, 2.05) is 0 Å². The number of piperidine rings is 1. The zero-order valence-corrected chi connectivity index (χ0v) is 16.2. The van der Waals surface area contributed by atoms with Crippen LogP contribution in [0.5, 0.6) is 0 Å². The number of pyridine rings is 1. The van der Waals surface area contributed by atoms with Crippen molar-refractivity contribution >= 4 is 16.6 Å². The summed E-state index contributed by atoms with van der Waals surface area (Å²) < 4.78 is 4.67. The van der Waals surface area contributed by atoms with Crippen molar-refractivity contribution in [1.82, 2.24) is 18.9 Å². The number of nitrogens with zero attached hydrogens (tertiary/aromatic N) is 4. The fourth-order valence-corrected chi connectivity index (χ4v) is 5.20. The van der Waals surface area contributed by atoms with Crippen LogP contribution in [0.3, 0.4) is 0 Å². The van der Waals surface area contributed by atoms with Crippen molar-refractivity contribution in [3.8, 4) is 11.1 Å². The molecule has 0 spiro atoms. The molecule has 6 rings (SSSR count). The van der Waals surface area contributed by atoms with Gasteiger partial charge in [0.25, 0.3) is 0 Å². The summed E-state index contributed by atoms with van der Waals surface area (Å²) in [7, 11) is 0. The summed E-state index contributed by atoms with van der Waals surface area (Å²) in [5, 5.41) is 0. The standard InChI is InChI=1S/C24H26N4/c1-2-11-26-13-4-14-28-23-10-8-18(15-22(23)25-24(28)16-21(26)5-1)19-7-9-20-6-3-12-27(20)17-19/h3,6-10,12,15,17,21H,1-2,4-5,11,13-14,16H2. The topological polar surface area (TPSA) is 25.5 Å². The monoisotopic (exact) mass is 370 g/mol. The maximum Gasteiger partial charge on any atom is 0.111 e. The zero-order chi connectivity index (χ0) is 18.5. The number of rotatable bonds is 1. The van der Waals surface area contributed by atoms with Crippen LogP contribution in [-0.4, -0.2) is 38.0 Å². The summed E-state index contributed by atoms with van der Waals surface area (Å²) in [6.07, 6.45) is 10.7. The molecular weight excluding hydrogens is 344 g/mol. The van der Waals surface area contributed by atoms with Gasteiger partial charge >= 0.3 is 0 Å². The van der Waals surface area contributed by atoms with Crippen LogP contribution >= 0.6 is 0 Å². The molecule has 0 radical (unpaired) electrons. The molecule has 4 aromatic rings. The predicted molar refractivity (Wildman–Crippen MR) is 114 cm³/mol. The Morgan fingerprint density at radius 2 is 1.82 bits per heavy atom. The Morgan fingerprint density at radius 3 is 2.82 bits per heavy atom. The molecule has 1 unspecified atom stereocenters. The largest absolute Gasteiger partial charge is 0.328 e. The van der Waals surface area contributed by atoms with E-state index in [1.165, 1.54) is 66.8 Å². The second-order valence-electron chi connectivity index (χ2n) is 8.38. The lowest BCUT2D eigenvalue weighted by molar-refractivity contribution is 0.135. The van der Waals surface area contributed by atoms with Gasteiger partial charge in [0.1, 0.15) is 5.82 Å². The van der Waals surface area contributed by atoms with E-state index in [-0.39, 0.29) is 0 Å². The lowest BCUT2D eigenvalue weighted by Gasteiger charge is -2.37. The van der Waals surface area contributed by atoms with Gasteiger partial charge in [-0.2, -0.15) is 0 Å². The number of imidazole rings is 1. The van der Waals surface area contributed by atoms with Gasteiger partial charge in [-0.1, -0.05) is 18.6 Å². The number of aromatic nitrogens is 3. The van der Waals surface area contributed by atoms with E-state index in [0.717, 1.165) is 18.5 Å². The molecule has 0 aliphatic carbocycles. The highest BCUT2D eigenvalue weighted by Crippen LogP contribution is 2.29. The first kappa shape index (κ1) is 16.4. The highest BCUT2D eigenvalue weighted by Gasteiger charge is 2.26. The molecule has 0 amide bonds. The summed E-state index contributed by atoms with van der Waals surface area (Å²) in [5.74, 6) is 1.28. The van der Waals surface area contributed by atoms with E-state index in [2.05, 4.69) is 68.7 Å². The molecule has 0 saturated carbocycles. The molecule has 1 saturated heterocycles. The number of fused-ring (bicyclic) bond motifs is 5. The summed E-state index contributed by atoms with van der Waals surface area (Å²) in [6, 6.07) is 16.1. The SMILES string of the molecule is c1cc2ccc(-c3ccc4c(c3)nc3n4CCCN4CCCCC4C3)cn2c1. The van der Waals surface area contributed by atoms with Crippen molar-refractivity contribution < 1.29 is 0 Å². The quantitative estimate of drug-likeness (QED) is 0.483. The van der Waals surface area contributed by atoms with E-state index in [9.17, 15) is 0 Å². The van der Waals surface area contributed by atoms with Gasteiger partial charge in [0, 0.05) is 43.5 Å². The van der Waals surface area contributed by atoms with E-state index in [4.69, 9.17) is 4.98 Å². The number of hydrogen-bond donors (Lipinski definition) is 0. The molecule has 1 aromatic carbocycles. The molecule has 0 N–H and O–H groups in total. The summed E-state index contributed by atoms with van der Waals surface area (Å²) in [5.41, 5.74) is 6.15. The molecule has 0 bridgehead atoms. The normalized spacial score (nSPS) is 20.6. The van der Waals surface area contributed by atoms with Gasteiger partial charge < -0.3 is 8.97 Å². The first-order valence-electron chi connectivity index (χ1n) is 10.7. The number of aryl methyl sites for hydroxylation is 1. The van der Waals surface area contributed by atoms with Crippen molar-refractivity contribution in [1.29, 1.82) is 0 Å². The van der Waals surface area contributed by atoms with Crippen LogP contribution in [0.1, 0.15) is 31.5 Å². The number of benzene rings is 1. The van der Waals surface area contributed by atoms with Gasteiger partial charge in [-0.3, -0.25) is 4.90 Å². The van der Waals surface area contributed by atoms with Crippen molar-refractivity contribution in [2.45, 2.75) is 44.7 Å². The second kappa shape index (κ2) is 6.49. The summed E-state index contributed by atoms with van der Waals surface area (Å²) in [4.78, 5) is 7.83. The molecule has 28 heavy (non-hydrogen) atoms. The molecule has 4 nitrogen and oxygen atoms in total. The Morgan fingerprint density at radius 1 is 0.893 bits per heavy atom. The van der Waals surface area contributed by atoms with Crippen molar-refractivity contribution in [3.63, 3.8) is 0 Å². The molecule has 5 heterocycles. The van der Waals surface area contributed by atoms with Gasteiger partial charge in [-0.25, -0.2) is 4.98 Å².